The van der Waals surface area contributed by atoms with Gasteiger partial charge in [0.05, 0.1) is 13.2 Å². The van der Waals surface area contributed by atoms with Crippen LogP contribution in [0.15, 0.2) is 0 Å². The first-order chi connectivity index (χ1) is 12.1. The molecule has 0 aromatic heterocycles. The Morgan fingerprint density at radius 1 is 0.680 bits per heavy atom. The van der Waals surface area contributed by atoms with Gasteiger partial charge >= 0.3 is 7.82 Å². The summed E-state index contributed by atoms with van der Waals surface area (Å²) < 4.78 is 21.8. The zero-order chi connectivity index (χ0) is 18.6. The molecule has 0 aliphatic carbocycles. The lowest BCUT2D eigenvalue weighted by Crippen LogP contribution is -2.00. The molecular weight excluding hydrogens is 375 g/mol. The van der Waals surface area contributed by atoms with Crippen LogP contribution in [0.3, 0.4) is 0 Å². The highest BCUT2D eigenvalue weighted by Gasteiger charge is 2.19. The van der Waals surface area contributed by atoms with Gasteiger partial charge in [-0.05, 0) is 48.7 Å². The Hall–Kier alpha value is 0.810. The summed E-state index contributed by atoms with van der Waals surface area (Å²) in [6.45, 7) is 5.02. The van der Waals surface area contributed by atoms with E-state index in [0.29, 0.717) is 13.2 Å². The molecule has 0 saturated carbocycles. The Kier molecular flexibility index (Phi) is 20.2. The molecule has 0 aromatic carbocycles. The van der Waals surface area contributed by atoms with Crippen molar-refractivity contribution in [3.05, 3.63) is 0 Å². The van der Waals surface area contributed by atoms with Gasteiger partial charge in [0.2, 0.25) is 0 Å². The maximum Gasteiger partial charge on any atom is 0.472 e. The molecule has 0 rings (SSSR count). The second-order valence-corrected chi connectivity index (χ2v) is 10.1. The fraction of sp³-hybridized carbons (Fsp3) is 1.00. The maximum absolute atomic E-state index is 11.7. The molecule has 0 aromatic rings. The summed E-state index contributed by atoms with van der Waals surface area (Å²) >= 11 is 3.79. The van der Waals surface area contributed by atoms with Crippen molar-refractivity contribution >= 4 is 31.3 Å². The Morgan fingerprint density at radius 3 is 1.48 bits per heavy atom. The van der Waals surface area contributed by atoms with Gasteiger partial charge in [0.25, 0.3) is 0 Å². The molecule has 1 N–H and O–H groups in total. The van der Waals surface area contributed by atoms with E-state index in [1.165, 1.54) is 62.9 Å². The number of unbranched alkanes of at least 4 members (excludes halogenated alkanes) is 6. The molecule has 25 heavy (non-hydrogen) atoms. The van der Waals surface area contributed by atoms with E-state index >= 15 is 0 Å². The molecule has 4 nitrogen and oxygen atoms in total. The van der Waals surface area contributed by atoms with Crippen LogP contribution in [0.5, 0.6) is 0 Å². The minimum Gasteiger partial charge on any atom is -0.302 e. The quantitative estimate of drug-likeness (QED) is 0.181. The van der Waals surface area contributed by atoms with Crippen LogP contribution in [0.25, 0.3) is 0 Å². The van der Waals surface area contributed by atoms with E-state index in [1.54, 1.807) is 0 Å². The van der Waals surface area contributed by atoms with E-state index in [9.17, 15) is 9.46 Å². The van der Waals surface area contributed by atoms with Crippen LogP contribution in [0, 0.1) is 0 Å². The van der Waals surface area contributed by atoms with Crippen molar-refractivity contribution in [1.29, 1.82) is 0 Å². The molecule has 0 fully saturated rings. The van der Waals surface area contributed by atoms with Crippen LogP contribution in [0.2, 0.25) is 0 Å². The van der Waals surface area contributed by atoms with E-state index in [-0.39, 0.29) is 0 Å². The van der Waals surface area contributed by atoms with E-state index in [0.717, 1.165) is 24.3 Å². The van der Waals surface area contributed by atoms with Gasteiger partial charge in [-0.25, -0.2) is 4.57 Å². The lowest BCUT2D eigenvalue weighted by molar-refractivity contribution is 0.150. The van der Waals surface area contributed by atoms with E-state index in [1.807, 2.05) is 23.5 Å². The van der Waals surface area contributed by atoms with E-state index in [4.69, 9.17) is 9.05 Å². The second kappa shape index (κ2) is 19.6. The van der Waals surface area contributed by atoms with Crippen molar-refractivity contribution in [3.8, 4) is 0 Å². The normalized spacial score (nSPS) is 12.0. The van der Waals surface area contributed by atoms with Crippen LogP contribution >= 0.6 is 31.3 Å². The smallest absolute Gasteiger partial charge is 0.302 e. The van der Waals surface area contributed by atoms with Gasteiger partial charge in [-0.3, -0.25) is 9.05 Å². The van der Waals surface area contributed by atoms with Crippen molar-refractivity contribution in [3.63, 3.8) is 0 Å². The lowest BCUT2D eigenvalue weighted by Gasteiger charge is -2.12. The zero-order valence-electron chi connectivity index (χ0n) is 16.2. The van der Waals surface area contributed by atoms with Gasteiger partial charge in [0.15, 0.2) is 0 Å². The molecule has 0 radical (unpaired) electrons. The predicted molar refractivity (Wildman–Crippen MR) is 114 cm³/mol. The van der Waals surface area contributed by atoms with E-state index < -0.39 is 7.82 Å². The molecule has 0 bridgehead atoms. The molecule has 0 aliphatic heterocycles. The minimum atomic E-state index is -3.85. The van der Waals surface area contributed by atoms with Crippen molar-refractivity contribution in [2.24, 2.45) is 0 Å². The highest BCUT2D eigenvalue weighted by Crippen LogP contribution is 2.43. The molecule has 0 aliphatic rings. The average molecular weight is 415 g/mol. The number of thioether (sulfide) groups is 2. The van der Waals surface area contributed by atoms with Crippen LogP contribution in [-0.2, 0) is 13.6 Å². The Morgan fingerprint density at radius 2 is 1.08 bits per heavy atom. The first-order valence-corrected chi connectivity index (χ1v) is 13.7. The van der Waals surface area contributed by atoms with Crippen molar-refractivity contribution in [2.75, 3.05) is 36.2 Å². The van der Waals surface area contributed by atoms with Gasteiger partial charge in [0.1, 0.15) is 0 Å². The molecule has 7 heteroatoms. The Bertz CT molecular complexity index is 293. The Balaban J connectivity index is 3.34. The summed E-state index contributed by atoms with van der Waals surface area (Å²) in [5.74, 6) is 4.29. The molecular formula is C18H39O4PS2. The third-order valence-corrected chi connectivity index (χ3v) is 6.99. The van der Waals surface area contributed by atoms with Crippen molar-refractivity contribution < 1.29 is 18.5 Å². The molecule has 152 valence electrons. The highest BCUT2D eigenvalue weighted by atomic mass is 32.2. The zero-order valence-corrected chi connectivity index (χ0v) is 18.8. The topological polar surface area (TPSA) is 55.8 Å². The molecule has 0 unspecified atom stereocenters. The van der Waals surface area contributed by atoms with Gasteiger partial charge in [0, 0.05) is 0 Å². The number of phosphoric ester groups is 1. The average Bonchev–Trinajstić information content (AvgIpc) is 2.59. The summed E-state index contributed by atoms with van der Waals surface area (Å²) in [7, 11) is -3.85. The SMILES string of the molecule is CCCCCCSCCCOP(=O)(O)OCCCSCCCCCC. The first kappa shape index (κ1) is 25.8. The van der Waals surface area contributed by atoms with Gasteiger partial charge in [-0.15, -0.1) is 0 Å². The highest BCUT2D eigenvalue weighted by molar-refractivity contribution is 7.99. The first-order valence-electron chi connectivity index (χ1n) is 9.89. The molecule has 0 atom stereocenters. The molecule has 0 heterocycles. The van der Waals surface area contributed by atoms with Crippen LogP contribution in [-0.4, -0.2) is 41.1 Å². The summed E-state index contributed by atoms with van der Waals surface area (Å²) in [5, 5.41) is 0. The molecule has 0 amide bonds. The van der Waals surface area contributed by atoms with E-state index in [2.05, 4.69) is 13.8 Å². The van der Waals surface area contributed by atoms with Gasteiger partial charge in [-0.2, -0.15) is 23.5 Å². The van der Waals surface area contributed by atoms with Gasteiger partial charge in [-0.1, -0.05) is 52.4 Å². The second-order valence-electron chi connectivity index (χ2n) is 6.19. The van der Waals surface area contributed by atoms with Gasteiger partial charge < -0.3 is 4.89 Å². The predicted octanol–water partition coefficient (Wildman–Crippen LogP) is 6.53. The summed E-state index contributed by atoms with van der Waals surface area (Å²) in [6, 6.07) is 0. The fourth-order valence-electron chi connectivity index (χ4n) is 2.18. The summed E-state index contributed by atoms with van der Waals surface area (Å²) in [5.41, 5.74) is 0. The van der Waals surface area contributed by atoms with Crippen LogP contribution < -0.4 is 0 Å². The fourth-order valence-corrected chi connectivity index (χ4v) is 4.85. The maximum atomic E-state index is 11.7. The molecule has 0 saturated heterocycles. The largest absolute Gasteiger partial charge is 0.472 e. The lowest BCUT2D eigenvalue weighted by atomic mass is 10.2. The summed E-state index contributed by atoms with van der Waals surface area (Å²) in [4.78, 5) is 9.61. The van der Waals surface area contributed by atoms with Crippen molar-refractivity contribution in [2.45, 2.75) is 78.1 Å². The number of rotatable bonds is 20. The number of hydrogen-bond donors (Lipinski definition) is 1. The third kappa shape index (κ3) is 21.0. The van der Waals surface area contributed by atoms with Crippen molar-refractivity contribution in [1.82, 2.24) is 0 Å². The van der Waals surface area contributed by atoms with Crippen LogP contribution in [0.4, 0.5) is 0 Å². The summed E-state index contributed by atoms with van der Waals surface area (Å²) in [6.07, 6.45) is 11.9. The number of phosphoric acid groups is 1. The minimum absolute atomic E-state index is 0.294. The monoisotopic (exact) mass is 414 g/mol. The van der Waals surface area contributed by atoms with Crippen LogP contribution in [0.1, 0.15) is 78.1 Å². The third-order valence-electron chi connectivity index (χ3n) is 3.66. The molecule has 0 spiro atoms. The Labute approximate surface area is 164 Å². The number of hydrogen-bond acceptors (Lipinski definition) is 5. The standard InChI is InChI=1S/C18H39O4PS2/c1-3-5-7-9-15-24-17-11-13-21-23(19,20)22-14-12-18-25-16-10-8-6-4-2/h3-18H2,1-2H3,(H,19,20).